The van der Waals surface area contributed by atoms with Crippen LogP contribution in [0.2, 0.25) is 0 Å². The number of hydrogen-bond acceptors (Lipinski definition) is 5. The Kier molecular flexibility index (Phi) is 6.56. The van der Waals surface area contributed by atoms with E-state index in [0.29, 0.717) is 24.3 Å². The number of benzene rings is 1. The average molecular weight is 397 g/mol. The SMILES string of the molecule is C[C@@H]1CCCCN1Cc1ccccc1CNC(=O)c1cn(C2CCNCC2)nn1. The van der Waals surface area contributed by atoms with Crippen molar-refractivity contribution in [2.75, 3.05) is 19.6 Å². The molecule has 2 aromatic rings. The number of piperidine rings is 2. The largest absolute Gasteiger partial charge is 0.347 e. The van der Waals surface area contributed by atoms with Crippen LogP contribution in [0, 0.1) is 0 Å². The van der Waals surface area contributed by atoms with Gasteiger partial charge in [-0.25, -0.2) is 4.68 Å². The van der Waals surface area contributed by atoms with Crippen molar-refractivity contribution in [1.82, 2.24) is 30.5 Å². The molecule has 2 aliphatic rings. The van der Waals surface area contributed by atoms with Crippen molar-refractivity contribution < 1.29 is 4.79 Å². The standard InChI is InChI=1S/C22H32N6O/c1-17-6-4-5-13-27(17)15-19-8-3-2-7-18(19)14-24-22(29)21-16-28(26-25-21)20-9-11-23-12-10-20/h2-3,7-8,16-17,20,23H,4-6,9-15H2,1H3,(H,24,29)/t17-/m1/s1. The molecule has 1 amide bonds. The zero-order chi connectivity index (χ0) is 20.1. The van der Waals surface area contributed by atoms with Crippen LogP contribution in [0.3, 0.4) is 0 Å². The molecule has 2 saturated heterocycles. The number of rotatable bonds is 6. The average Bonchev–Trinajstić information content (AvgIpc) is 3.26. The fraction of sp³-hybridized carbons (Fsp3) is 0.591. The Morgan fingerprint density at radius 2 is 1.97 bits per heavy atom. The summed E-state index contributed by atoms with van der Waals surface area (Å²) in [4.78, 5) is 15.2. The third-order valence-corrected chi connectivity index (χ3v) is 6.30. The highest BCUT2D eigenvalue weighted by molar-refractivity contribution is 5.91. The van der Waals surface area contributed by atoms with Gasteiger partial charge in [0.05, 0.1) is 12.2 Å². The maximum Gasteiger partial charge on any atom is 0.273 e. The van der Waals surface area contributed by atoms with E-state index < -0.39 is 0 Å². The first-order valence-electron chi connectivity index (χ1n) is 10.9. The van der Waals surface area contributed by atoms with Gasteiger partial charge in [-0.3, -0.25) is 9.69 Å². The van der Waals surface area contributed by atoms with Gasteiger partial charge in [-0.15, -0.1) is 5.10 Å². The number of nitrogens with one attached hydrogen (secondary N) is 2. The van der Waals surface area contributed by atoms with Gasteiger partial charge < -0.3 is 10.6 Å². The molecule has 7 nitrogen and oxygen atoms in total. The van der Waals surface area contributed by atoms with E-state index in [2.05, 4.69) is 51.0 Å². The van der Waals surface area contributed by atoms with Crippen molar-refractivity contribution in [1.29, 1.82) is 0 Å². The maximum absolute atomic E-state index is 12.6. The predicted octanol–water partition coefficient (Wildman–Crippen LogP) is 2.51. The predicted molar refractivity (Wildman–Crippen MR) is 112 cm³/mol. The molecule has 0 bridgehead atoms. The number of likely N-dealkylation sites (tertiary alicyclic amines) is 1. The van der Waals surface area contributed by atoms with Crippen LogP contribution in [0.15, 0.2) is 30.5 Å². The Hall–Kier alpha value is -2.25. The molecular formula is C22H32N6O. The van der Waals surface area contributed by atoms with E-state index in [1.807, 2.05) is 10.7 Å². The van der Waals surface area contributed by atoms with Crippen molar-refractivity contribution >= 4 is 5.91 Å². The molecule has 1 aromatic carbocycles. The third-order valence-electron chi connectivity index (χ3n) is 6.30. The highest BCUT2D eigenvalue weighted by Crippen LogP contribution is 2.21. The third kappa shape index (κ3) is 5.03. The smallest absolute Gasteiger partial charge is 0.273 e. The fourth-order valence-electron chi connectivity index (χ4n) is 4.39. The van der Waals surface area contributed by atoms with Crippen LogP contribution in [0.5, 0.6) is 0 Å². The quantitative estimate of drug-likeness (QED) is 0.785. The van der Waals surface area contributed by atoms with Gasteiger partial charge in [0.2, 0.25) is 0 Å². The minimum Gasteiger partial charge on any atom is -0.347 e. The summed E-state index contributed by atoms with van der Waals surface area (Å²) in [5.41, 5.74) is 2.86. The highest BCUT2D eigenvalue weighted by Gasteiger charge is 2.20. The van der Waals surface area contributed by atoms with E-state index >= 15 is 0 Å². The molecule has 0 spiro atoms. The van der Waals surface area contributed by atoms with Crippen molar-refractivity contribution in [2.24, 2.45) is 0 Å². The Bertz CT molecular complexity index is 813. The van der Waals surface area contributed by atoms with Gasteiger partial charge in [-0.1, -0.05) is 35.9 Å². The van der Waals surface area contributed by atoms with Gasteiger partial charge >= 0.3 is 0 Å². The van der Waals surface area contributed by atoms with Gasteiger partial charge in [0.25, 0.3) is 5.91 Å². The first-order valence-corrected chi connectivity index (χ1v) is 10.9. The summed E-state index contributed by atoms with van der Waals surface area (Å²) in [5.74, 6) is -0.161. The molecule has 29 heavy (non-hydrogen) atoms. The van der Waals surface area contributed by atoms with Gasteiger partial charge in [-0.2, -0.15) is 0 Å². The number of aromatic nitrogens is 3. The lowest BCUT2D eigenvalue weighted by atomic mass is 10.0. The van der Waals surface area contributed by atoms with Crippen molar-refractivity contribution in [3.63, 3.8) is 0 Å². The van der Waals surface area contributed by atoms with Crippen molar-refractivity contribution in [2.45, 2.75) is 64.2 Å². The summed E-state index contributed by atoms with van der Waals surface area (Å²) < 4.78 is 1.85. The van der Waals surface area contributed by atoms with Gasteiger partial charge in [0.1, 0.15) is 0 Å². The molecule has 1 atom stereocenters. The van der Waals surface area contributed by atoms with E-state index in [9.17, 15) is 4.79 Å². The molecule has 7 heteroatoms. The van der Waals surface area contributed by atoms with E-state index in [1.165, 1.54) is 30.4 Å². The second-order valence-electron chi connectivity index (χ2n) is 8.33. The number of nitrogens with zero attached hydrogens (tertiary/aromatic N) is 4. The fourth-order valence-corrected chi connectivity index (χ4v) is 4.39. The van der Waals surface area contributed by atoms with Crippen LogP contribution >= 0.6 is 0 Å². The Morgan fingerprint density at radius 1 is 1.17 bits per heavy atom. The highest BCUT2D eigenvalue weighted by atomic mass is 16.2. The van der Waals surface area contributed by atoms with Gasteiger partial charge in [0.15, 0.2) is 5.69 Å². The van der Waals surface area contributed by atoms with E-state index in [1.54, 1.807) is 6.20 Å². The summed E-state index contributed by atoms with van der Waals surface area (Å²) in [6.07, 6.45) is 7.70. The Balaban J connectivity index is 1.36. The number of carbonyl (C=O) groups is 1. The normalized spacial score (nSPS) is 21.2. The zero-order valence-electron chi connectivity index (χ0n) is 17.3. The van der Waals surface area contributed by atoms with E-state index in [4.69, 9.17) is 0 Å². The molecule has 2 fully saturated rings. The van der Waals surface area contributed by atoms with E-state index in [0.717, 1.165) is 39.0 Å². The van der Waals surface area contributed by atoms with Crippen LogP contribution in [0.4, 0.5) is 0 Å². The molecule has 2 N–H and O–H groups in total. The zero-order valence-corrected chi connectivity index (χ0v) is 17.3. The summed E-state index contributed by atoms with van der Waals surface area (Å²) in [6.45, 7) is 6.89. The Morgan fingerprint density at radius 3 is 2.76 bits per heavy atom. The van der Waals surface area contributed by atoms with Crippen LogP contribution in [0.25, 0.3) is 0 Å². The molecule has 2 aliphatic heterocycles. The first kappa shape index (κ1) is 20.0. The lowest BCUT2D eigenvalue weighted by Gasteiger charge is -2.33. The minimum absolute atomic E-state index is 0.161. The van der Waals surface area contributed by atoms with Crippen molar-refractivity contribution in [3.05, 3.63) is 47.3 Å². The van der Waals surface area contributed by atoms with Crippen LogP contribution in [0.1, 0.15) is 66.7 Å². The van der Waals surface area contributed by atoms with Gasteiger partial charge in [0, 0.05) is 19.1 Å². The van der Waals surface area contributed by atoms with Crippen LogP contribution < -0.4 is 10.6 Å². The lowest BCUT2D eigenvalue weighted by molar-refractivity contribution is 0.0945. The van der Waals surface area contributed by atoms with E-state index in [-0.39, 0.29) is 5.91 Å². The molecular weight excluding hydrogens is 364 g/mol. The maximum atomic E-state index is 12.6. The molecule has 4 rings (SSSR count). The molecule has 156 valence electrons. The molecule has 0 saturated carbocycles. The number of hydrogen-bond donors (Lipinski definition) is 2. The molecule has 0 radical (unpaired) electrons. The first-order chi connectivity index (χ1) is 14.2. The van der Waals surface area contributed by atoms with Crippen molar-refractivity contribution in [3.8, 4) is 0 Å². The topological polar surface area (TPSA) is 75.1 Å². The lowest BCUT2D eigenvalue weighted by Crippen LogP contribution is -2.37. The summed E-state index contributed by atoms with van der Waals surface area (Å²) >= 11 is 0. The molecule has 3 heterocycles. The van der Waals surface area contributed by atoms with Gasteiger partial charge in [-0.05, 0) is 63.4 Å². The molecule has 0 unspecified atom stereocenters. The Labute approximate surface area is 172 Å². The monoisotopic (exact) mass is 396 g/mol. The molecule has 0 aliphatic carbocycles. The second-order valence-corrected chi connectivity index (χ2v) is 8.33. The van der Waals surface area contributed by atoms with Crippen LogP contribution in [-0.4, -0.2) is 51.5 Å². The minimum atomic E-state index is -0.161. The summed E-state index contributed by atoms with van der Waals surface area (Å²) in [7, 11) is 0. The number of amides is 1. The molecule has 1 aromatic heterocycles. The van der Waals surface area contributed by atoms with Crippen LogP contribution in [-0.2, 0) is 13.1 Å². The second kappa shape index (κ2) is 9.50. The summed E-state index contributed by atoms with van der Waals surface area (Å²) in [6, 6.07) is 9.36. The summed E-state index contributed by atoms with van der Waals surface area (Å²) in [5, 5.41) is 14.7. The number of carbonyl (C=O) groups excluding carboxylic acids is 1.